The molecule has 2 N–H and O–H groups in total. The summed E-state index contributed by atoms with van der Waals surface area (Å²) in [4.78, 5) is 25.0. The predicted octanol–water partition coefficient (Wildman–Crippen LogP) is 3.99. The minimum atomic E-state index is -0.558. The van der Waals surface area contributed by atoms with Crippen LogP contribution in [0.15, 0.2) is 30.5 Å². The van der Waals surface area contributed by atoms with E-state index in [0.717, 1.165) is 10.9 Å². The lowest BCUT2D eigenvalue weighted by Gasteiger charge is -2.33. The summed E-state index contributed by atoms with van der Waals surface area (Å²) in [6.45, 7) is 9.78. The lowest BCUT2D eigenvalue weighted by Crippen LogP contribution is -2.55. The third kappa shape index (κ3) is 5.02. The van der Waals surface area contributed by atoms with E-state index in [1.807, 2.05) is 76.7 Å². The number of ether oxygens (including phenoxy) is 1. The van der Waals surface area contributed by atoms with E-state index in [0.29, 0.717) is 24.9 Å². The Morgan fingerprint density at radius 1 is 1.11 bits per heavy atom. The summed E-state index contributed by atoms with van der Waals surface area (Å²) in [7, 11) is 1.96. The Labute approximate surface area is 161 Å². The summed E-state index contributed by atoms with van der Waals surface area (Å²) in [5.41, 5.74) is 0.548. The van der Waals surface area contributed by atoms with E-state index >= 15 is 0 Å². The lowest BCUT2D eigenvalue weighted by molar-refractivity contribution is 0.0502. The van der Waals surface area contributed by atoms with Crippen molar-refractivity contribution in [3.8, 4) is 0 Å². The number of benzene rings is 1. The van der Waals surface area contributed by atoms with Crippen molar-refractivity contribution >= 4 is 22.9 Å². The lowest BCUT2D eigenvalue weighted by atomic mass is 9.92. The van der Waals surface area contributed by atoms with Crippen LogP contribution in [0.5, 0.6) is 0 Å². The molecule has 0 saturated carbocycles. The topological polar surface area (TPSA) is 72.4 Å². The largest absolute Gasteiger partial charge is 0.444 e. The highest BCUT2D eigenvalue weighted by Crippen LogP contribution is 2.22. The van der Waals surface area contributed by atoms with Crippen molar-refractivity contribution < 1.29 is 14.3 Å². The summed E-state index contributed by atoms with van der Waals surface area (Å²) in [5.74, 6) is -0.138. The second-order valence-corrected chi connectivity index (χ2v) is 7.96. The first kappa shape index (κ1) is 20.8. The van der Waals surface area contributed by atoms with Gasteiger partial charge in [0, 0.05) is 36.3 Å². The Bertz CT molecular complexity index is 814. The highest BCUT2D eigenvalue weighted by molar-refractivity contribution is 6.06. The number of amides is 2. The van der Waals surface area contributed by atoms with Gasteiger partial charge in [-0.2, -0.15) is 0 Å². The van der Waals surface area contributed by atoms with Gasteiger partial charge in [0.05, 0.1) is 5.54 Å². The Balaban J connectivity index is 2.16. The maximum atomic E-state index is 13.0. The van der Waals surface area contributed by atoms with Gasteiger partial charge in [-0.15, -0.1) is 0 Å². The molecule has 0 aliphatic carbocycles. The molecule has 0 aliphatic heterocycles. The molecule has 0 unspecified atom stereocenters. The fourth-order valence-corrected chi connectivity index (χ4v) is 3.09. The van der Waals surface area contributed by atoms with E-state index in [4.69, 9.17) is 4.74 Å². The fraction of sp³-hybridized carbons (Fsp3) is 0.524. The predicted molar refractivity (Wildman–Crippen MR) is 108 cm³/mol. The Kier molecular flexibility index (Phi) is 6.19. The van der Waals surface area contributed by atoms with E-state index in [2.05, 4.69) is 10.6 Å². The van der Waals surface area contributed by atoms with E-state index in [-0.39, 0.29) is 5.91 Å². The SMILES string of the molecule is CCC(CC)(CNC(=O)OC(C)(C)C)NC(=O)c1cccc2c1ccn2C. The monoisotopic (exact) mass is 373 g/mol. The van der Waals surface area contributed by atoms with E-state index in [9.17, 15) is 9.59 Å². The van der Waals surface area contributed by atoms with Crippen LogP contribution in [0.1, 0.15) is 57.8 Å². The quantitative estimate of drug-likeness (QED) is 0.804. The maximum absolute atomic E-state index is 13.0. The molecule has 0 saturated heterocycles. The van der Waals surface area contributed by atoms with Gasteiger partial charge >= 0.3 is 6.09 Å². The Hall–Kier alpha value is -2.50. The third-order valence-corrected chi connectivity index (χ3v) is 4.87. The average Bonchev–Trinajstić information content (AvgIpc) is 2.98. The maximum Gasteiger partial charge on any atom is 0.407 e. The standard InChI is InChI=1S/C21H31N3O3/c1-7-21(8-2,14-22-19(26)27-20(3,4)5)23-18(25)16-10-9-11-17-15(16)12-13-24(17)6/h9-13H,7-8,14H2,1-6H3,(H,22,26)(H,23,25). The van der Waals surface area contributed by atoms with Gasteiger partial charge in [0.25, 0.3) is 5.91 Å². The number of aromatic nitrogens is 1. The molecule has 0 fully saturated rings. The number of rotatable bonds is 6. The molecular formula is C21H31N3O3. The molecule has 1 aromatic carbocycles. The zero-order valence-corrected chi connectivity index (χ0v) is 17.2. The van der Waals surface area contributed by atoms with Crippen LogP contribution in [-0.2, 0) is 11.8 Å². The van der Waals surface area contributed by atoms with Gasteiger partial charge in [0.15, 0.2) is 0 Å². The smallest absolute Gasteiger partial charge is 0.407 e. The molecule has 148 valence electrons. The number of nitrogens with zero attached hydrogens (tertiary/aromatic N) is 1. The van der Waals surface area contributed by atoms with Crippen molar-refractivity contribution in [1.82, 2.24) is 15.2 Å². The number of hydrogen-bond acceptors (Lipinski definition) is 3. The number of carbonyl (C=O) groups is 2. The van der Waals surface area contributed by atoms with Crippen molar-refractivity contribution in [3.05, 3.63) is 36.0 Å². The van der Waals surface area contributed by atoms with Crippen molar-refractivity contribution in [2.24, 2.45) is 7.05 Å². The van der Waals surface area contributed by atoms with Crippen LogP contribution < -0.4 is 10.6 Å². The summed E-state index contributed by atoms with van der Waals surface area (Å²) in [6.07, 6.45) is 2.84. The molecule has 6 heteroatoms. The van der Waals surface area contributed by atoms with Crippen molar-refractivity contribution in [2.45, 2.75) is 58.6 Å². The average molecular weight is 373 g/mol. The number of fused-ring (bicyclic) bond motifs is 1. The molecule has 0 bridgehead atoms. The Morgan fingerprint density at radius 2 is 1.78 bits per heavy atom. The summed E-state index contributed by atoms with van der Waals surface area (Å²) < 4.78 is 7.30. The molecule has 1 aromatic heterocycles. The first-order valence-corrected chi connectivity index (χ1v) is 9.44. The molecular weight excluding hydrogens is 342 g/mol. The van der Waals surface area contributed by atoms with Gasteiger partial charge in [-0.25, -0.2) is 4.79 Å². The number of alkyl carbamates (subject to hydrolysis) is 1. The summed E-state index contributed by atoms with van der Waals surface area (Å²) in [6, 6.07) is 7.65. The van der Waals surface area contributed by atoms with Crippen LogP contribution in [0.25, 0.3) is 10.9 Å². The van der Waals surface area contributed by atoms with Gasteiger partial charge in [0.2, 0.25) is 0 Å². The van der Waals surface area contributed by atoms with Gasteiger partial charge in [-0.1, -0.05) is 19.9 Å². The highest BCUT2D eigenvalue weighted by atomic mass is 16.6. The van der Waals surface area contributed by atoms with Crippen LogP contribution in [-0.4, -0.2) is 34.3 Å². The molecule has 27 heavy (non-hydrogen) atoms. The van der Waals surface area contributed by atoms with Gasteiger partial charge < -0.3 is 19.9 Å². The third-order valence-electron chi connectivity index (χ3n) is 4.87. The van der Waals surface area contributed by atoms with Crippen LogP contribution in [0.2, 0.25) is 0 Å². The second-order valence-electron chi connectivity index (χ2n) is 7.96. The molecule has 0 aliphatic rings. The van der Waals surface area contributed by atoms with E-state index in [1.165, 1.54) is 0 Å². The van der Waals surface area contributed by atoms with Crippen molar-refractivity contribution in [2.75, 3.05) is 6.54 Å². The number of nitrogens with one attached hydrogen (secondary N) is 2. The Morgan fingerprint density at radius 3 is 2.37 bits per heavy atom. The normalized spacial score (nSPS) is 12.1. The molecule has 1 heterocycles. The first-order valence-electron chi connectivity index (χ1n) is 9.44. The number of hydrogen-bond donors (Lipinski definition) is 2. The van der Waals surface area contributed by atoms with Crippen LogP contribution in [0.3, 0.4) is 0 Å². The highest BCUT2D eigenvalue weighted by Gasteiger charge is 2.30. The molecule has 2 rings (SSSR count). The molecule has 2 amide bonds. The number of aryl methyl sites for hydroxylation is 1. The molecule has 0 spiro atoms. The first-order chi connectivity index (χ1) is 12.6. The summed E-state index contributed by atoms with van der Waals surface area (Å²) in [5, 5.41) is 6.86. The van der Waals surface area contributed by atoms with Gasteiger partial charge in [-0.05, 0) is 51.8 Å². The van der Waals surface area contributed by atoms with Crippen LogP contribution >= 0.6 is 0 Å². The fourth-order valence-electron chi connectivity index (χ4n) is 3.09. The molecule has 0 atom stereocenters. The van der Waals surface area contributed by atoms with E-state index < -0.39 is 17.2 Å². The number of carbonyl (C=O) groups excluding carboxylic acids is 2. The van der Waals surface area contributed by atoms with Crippen LogP contribution in [0, 0.1) is 0 Å². The zero-order valence-electron chi connectivity index (χ0n) is 17.2. The van der Waals surface area contributed by atoms with Crippen molar-refractivity contribution in [1.29, 1.82) is 0 Å². The van der Waals surface area contributed by atoms with Gasteiger partial charge in [-0.3, -0.25) is 4.79 Å². The molecule has 6 nitrogen and oxygen atoms in total. The van der Waals surface area contributed by atoms with E-state index in [1.54, 1.807) is 0 Å². The van der Waals surface area contributed by atoms with Gasteiger partial charge in [0.1, 0.15) is 5.60 Å². The summed E-state index contributed by atoms with van der Waals surface area (Å²) >= 11 is 0. The van der Waals surface area contributed by atoms with Crippen molar-refractivity contribution in [3.63, 3.8) is 0 Å². The van der Waals surface area contributed by atoms with Crippen LogP contribution in [0.4, 0.5) is 4.79 Å². The molecule has 2 aromatic rings. The molecule has 0 radical (unpaired) electrons. The minimum absolute atomic E-state index is 0.138. The zero-order chi connectivity index (χ0) is 20.2. The minimum Gasteiger partial charge on any atom is -0.444 e. The second kappa shape index (κ2) is 8.03.